The number of rotatable bonds is 15. The number of unbranched alkanes of at least 4 members (excludes halogenated alkanes) is 10. The number of carboxylic acid groups (broad SMARTS) is 1. The van der Waals surface area contributed by atoms with E-state index in [1.807, 2.05) is 18.2 Å². The summed E-state index contributed by atoms with van der Waals surface area (Å²) in [6.45, 7) is 0.689. The number of aliphatic carboxylic acids is 1. The van der Waals surface area contributed by atoms with Crippen LogP contribution in [-0.4, -0.2) is 33.6 Å². The molecule has 7 nitrogen and oxygen atoms in total. The number of amides is 2. The van der Waals surface area contributed by atoms with Gasteiger partial charge in [0.2, 0.25) is 0 Å². The van der Waals surface area contributed by atoms with Crippen molar-refractivity contribution in [2.45, 2.75) is 77.0 Å². The molecular weight excluding hydrogens is 368 g/mol. The number of imidazole rings is 1. The summed E-state index contributed by atoms with van der Waals surface area (Å²) in [5, 5.41) is 14.3. The second-order valence-electron chi connectivity index (χ2n) is 7.55. The van der Waals surface area contributed by atoms with Crippen molar-refractivity contribution in [3.05, 3.63) is 24.5 Å². The summed E-state index contributed by atoms with van der Waals surface area (Å²) in [7, 11) is 0. The molecule has 0 saturated carbocycles. The molecule has 2 amide bonds. The zero-order valence-corrected chi connectivity index (χ0v) is 17.2. The van der Waals surface area contributed by atoms with Crippen LogP contribution in [0.4, 0.5) is 10.5 Å². The molecule has 0 atom stereocenters. The number of aromatic amines is 1. The highest BCUT2D eigenvalue weighted by Gasteiger charge is 2.03. The SMILES string of the molecule is O=C(O)CCCCCCCCCCCCCNC(=O)Nc1ccc2nc[nH]c2c1. The van der Waals surface area contributed by atoms with E-state index in [0.717, 1.165) is 48.8 Å². The van der Waals surface area contributed by atoms with Crippen molar-refractivity contribution in [1.82, 2.24) is 15.3 Å². The molecule has 0 aliphatic rings. The van der Waals surface area contributed by atoms with Crippen LogP contribution in [0.15, 0.2) is 24.5 Å². The maximum Gasteiger partial charge on any atom is 0.319 e. The predicted molar refractivity (Wildman–Crippen MR) is 116 cm³/mol. The van der Waals surface area contributed by atoms with Gasteiger partial charge in [0, 0.05) is 18.7 Å². The first-order valence-corrected chi connectivity index (χ1v) is 10.8. The molecule has 0 aliphatic heterocycles. The number of aromatic nitrogens is 2. The van der Waals surface area contributed by atoms with E-state index in [9.17, 15) is 9.59 Å². The highest BCUT2D eigenvalue weighted by molar-refractivity contribution is 5.91. The Morgan fingerprint density at radius 1 is 0.897 bits per heavy atom. The number of hydrogen-bond donors (Lipinski definition) is 4. The molecule has 0 spiro atoms. The molecule has 160 valence electrons. The molecule has 1 heterocycles. The van der Waals surface area contributed by atoms with Crippen LogP contribution in [0.5, 0.6) is 0 Å². The average molecular weight is 403 g/mol. The monoisotopic (exact) mass is 402 g/mol. The maximum atomic E-state index is 11.9. The minimum Gasteiger partial charge on any atom is -0.481 e. The predicted octanol–water partition coefficient (Wildman–Crippen LogP) is 5.45. The third kappa shape index (κ3) is 9.96. The van der Waals surface area contributed by atoms with Gasteiger partial charge in [-0.05, 0) is 31.0 Å². The Morgan fingerprint density at radius 3 is 2.17 bits per heavy atom. The second kappa shape index (κ2) is 13.6. The van der Waals surface area contributed by atoms with Gasteiger partial charge in [0.25, 0.3) is 0 Å². The van der Waals surface area contributed by atoms with Crippen LogP contribution in [0.2, 0.25) is 0 Å². The number of carbonyl (C=O) groups excluding carboxylic acids is 1. The van der Waals surface area contributed by atoms with Crippen molar-refractivity contribution in [3.63, 3.8) is 0 Å². The molecule has 4 N–H and O–H groups in total. The number of carboxylic acids is 1. The number of benzene rings is 1. The normalized spacial score (nSPS) is 10.9. The Hall–Kier alpha value is -2.57. The van der Waals surface area contributed by atoms with Crippen LogP contribution in [0, 0.1) is 0 Å². The summed E-state index contributed by atoms with van der Waals surface area (Å²) in [5.74, 6) is -0.687. The fraction of sp³-hybridized carbons (Fsp3) is 0.591. The largest absolute Gasteiger partial charge is 0.481 e. The molecule has 2 rings (SSSR count). The topological polar surface area (TPSA) is 107 Å². The van der Waals surface area contributed by atoms with E-state index in [2.05, 4.69) is 20.6 Å². The van der Waals surface area contributed by atoms with Gasteiger partial charge in [-0.15, -0.1) is 0 Å². The highest BCUT2D eigenvalue weighted by Crippen LogP contribution is 2.15. The van der Waals surface area contributed by atoms with Crippen molar-refractivity contribution in [3.8, 4) is 0 Å². The van der Waals surface area contributed by atoms with Gasteiger partial charge >= 0.3 is 12.0 Å². The van der Waals surface area contributed by atoms with Gasteiger partial charge in [-0.2, -0.15) is 0 Å². The Balaban J connectivity index is 1.37. The van der Waals surface area contributed by atoms with Crippen LogP contribution >= 0.6 is 0 Å². The standard InChI is InChI=1S/C22H34N4O3/c27-21(28)12-10-8-6-4-2-1-3-5-7-9-11-15-23-22(29)26-18-13-14-19-20(16-18)25-17-24-19/h13-14,16-17H,1-12,15H2,(H,24,25)(H,27,28)(H2,23,26,29). The molecule has 1 aromatic heterocycles. The lowest BCUT2D eigenvalue weighted by Crippen LogP contribution is -2.29. The highest BCUT2D eigenvalue weighted by atomic mass is 16.4. The summed E-state index contributed by atoms with van der Waals surface area (Å²) < 4.78 is 0. The number of nitrogens with zero attached hydrogens (tertiary/aromatic N) is 1. The van der Waals surface area contributed by atoms with Gasteiger partial charge in [-0.1, -0.05) is 57.8 Å². The van der Waals surface area contributed by atoms with E-state index >= 15 is 0 Å². The number of fused-ring (bicyclic) bond motifs is 1. The first-order valence-electron chi connectivity index (χ1n) is 10.8. The lowest BCUT2D eigenvalue weighted by atomic mass is 10.1. The van der Waals surface area contributed by atoms with Crippen LogP contribution in [0.25, 0.3) is 11.0 Å². The first-order chi connectivity index (χ1) is 14.1. The number of carbonyl (C=O) groups is 2. The smallest absolute Gasteiger partial charge is 0.319 e. The van der Waals surface area contributed by atoms with Gasteiger partial charge in [-0.3, -0.25) is 4.79 Å². The fourth-order valence-corrected chi connectivity index (χ4v) is 3.38. The zero-order valence-electron chi connectivity index (χ0n) is 17.2. The molecule has 29 heavy (non-hydrogen) atoms. The summed E-state index contributed by atoms with van der Waals surface area (Å²) in [6, 6.07) is 5.42. The van der Waals surface area contributed by atoms with Gasteiger partial charge < -0.3 is 20.7 Å². The van der Waals surface area contributed by atoms with Crippen molar-refractivity contribution in [2.75, 3.05) is 11.9 Å². The number of H-pyrrole nitrogens is 1. The van der Waals surface area contributed by atoms with Crippen LogP contribution < -0.4 is 10.6 Å². The van der Waals surface area contributed by atoms with E-state index in [0.29, 0.717) is 13.0 Å². The van der Waals surface area contributed by atoms with Crippen molar-refractivity contribution in [1.29, 1.82) is 0 Å². The minimum atomic E-state index is -0.687. The molecule has 0 fully saturated rings. The zero-order chi connectivity index (χ0) is 20.7. The van der Waals surface area contributed by atoms with Crippen LogP contribution in [0.3, 0.4) is 0 Å². The van der Waals surface area contributed by atoms with Gasteiger partial charge in [0.05, 0.1) is 17.4 Å². The molecule has 0 unspecified atom stereocenters. The Kier molecular flexibility index (Phi) is 10.6. The van der Waals surface area contributed by atoms with Gasteiger partial charge in [0.1, 0.15) is 0 Å². The third-order valence-electron chi connectivity index (χ3n) is 5.03. The summed E-state index contributed by atoms with van der Waals surface area (Å²) in [6.07, 6.45) is 14.5. The summed E-state index contributed by atoms with van der Waals surface area (Å²) >= 11 is 0. The van der Waals surface area contributed by atoms with E-state index < -0.39 is 5.97 Å². The van der Waals surface area contributed by atoms with Crippen molar-refractivity contribution in [2.24, 2.45) is 0 Å². The van der Waals surface area contributed by atoms with Crippen molar-refractivity contribution >= 4 is 28.7 Å². The number of nitrogens with one attached hydrogen (secondary N) is 3. The fourth-order valence-electron chi connectivity index (χ4n) is 3.38. The quantitative estimate of drug-likeness (QED) is 0.297. The Morgan fingerprint density at radius 2 is 1.52 bits per heavy atom. The Bertz CT molecular complexity index is 744. The number of anilines is 1. The average Bonchev–Trinajstić information content (AvgIpc) is 3.16. The van der Waals surface area contributed by atoms with E-state index in [4.69, 9.17) is 5.11 Å². The Labute approximate surface area is 172 Å². The molecular formula is C22H34N4O3. The van der Waals surface area contributed by atoms with E-state index in [1.54, 1.807) is 6.33 Å². The number of urea groups is 1. The lowest BCUT2D eigenvalue weighted by molar-refractivity contribution is -0.137. The molecule has 0 bridgehead atoms. The summed E-state index contributed by atoms with van der Waals surface area (Å²) in [5.41, 5.74) is 2.54. The molecule has 0 saturated heterocycles. The van der Waals surface area contributed by atoms with Crippen LogP contribution in [0.1, 0.15) is 77.0 Å². The molecule has 0 radical (unpaired) electrons. The third-order valence-corrected chi connectivity index (χ3v) is 5.03. The first kappa shape index (κ1) is 22.7. The minimum absolute atomic E-state index is 0.174. The van der Waals surface area contributed by atoms with Gasteiger partial charge in [0.15, 0.2) is 0 Å². The molecule has 1 aromatic carbocycles. The van der Waals surface area contributed by atoms with E-state index in [1.165, 1.54) is 38.5 Å². The van der Waals surface area contributed by atoms with E-state index in [-0.39, 0.29) is 6.03 Å². The van der Waals surface area contributed by atoms with Gasteiger partial charge in [-0.25, -0.2) is 9.78 Å². The molecule has 2 aromatic rings. The lowest BCUT2D eigenvalue weighted by Gasteiger charge is -2.08. The van der Waals surface area contributed by atoms with Crippen LogP contribution in [-0.2, 0) is 4.79 Å². The number of hydrogen-bond acceptors (Lipinski definition) is 3. The van der Waals surface area contributed by atoms with Crippen molar-refractivity contribution < 1.29 is 14.7 Å². The maximum absolute atomic E-state index is 11.9. The molecule has 7 heteroatoms. The second-order valence-corrected chi connectivity index (χ2v) is 7.55. The summed E-state index contributed by atoms with van der Waals surface area (Å²) in [4.78, 5) is 29.5. The molecule has 0 aliphatic carbocycles.